The van der Waals surface area contributed by atoms with Gasteiger partial charge in [-0.25, -0.2) is 4.98 Å². The van der Waals surface area contributed by atoms with Crippen molar-refractivity contribution in [2.75, 3.05) is 19.5 Å². The molecule has 2 aromatic carbocycles. The maximum absolute atomic E-state index is 12.5. The molecule has 0 saturated heterocycles. The number of nitro groups is 1. The summed E-state index contributed by atoms with van der Waals surface area (Å²) >= 11 is 6.44. The third-order valence-corrected chi connectivity index (χ3v) is 4.92. The van der Waals surface area contributed by atoms with E-state index in [1.807, 2.05) is 0 Å². The summed E-state index contributed by atoms with van der Waals surface area (Å²) in [5, 5.41) is 18.6. The van der Waals surface area contributed by atoms with Gasteiger partial charge in [-0.05, 0) is 24.4 Å². The second-order valence-electron chi connectivity index (χ2n) is 5.82. The third kappa shape index (κ3) is 4.88. The number of hydrogen-bond acceptors (Lipinski definition) is 8. The zero-order chi connectivity index (χ0) is 21.7. The highest BCUT2D eigenvalue weighted by atomic mass is 32.1. The number of aromatic nitrogens is 1. The average Bonchev–Trinajstić information content (AvgIpc) is 3.21. The number of benzene rings is 2. The summed E-state index contributed by atoms with van der Waals surface area (Å²) in [4.78, 5) is 27.3. The number of nitro benzene ring substituents is 1. The van der Waals surface area contributed by atoms with Gasteiger partial charge in [-0.2, -0.15) is 0 Å². The first-order chi connectivity index (χ1) is 14.4. The summed E-state index contributed by atoms with van der Waals surface area (Å²) < 4.78 is 10.3. The summed E-state index contributed by atoms with van der Waals surface area (Å²) in [5.74, 6) is 0.444. The lowest BCUT2D eigenvalue weighted by Crippen LogP contribution is -2.34. The molecular weight excluding hydrogens is 428 g/mol. The molecule has 3 rings (SSSR count). The van der Waals surface area contributed by atoms with Gasteiger partial charge in [0.2, 0.25) is 0 Å². The molecule has 0 radical (unpaired) electrons. The number of carbonyl (C=O) groups excluding carboxylic acids is 1. The lowest BCUT2D eigenvalue weighted by atomic mass is 10.1. The maximum atomic E-state index is 12.5. The number of hydrogen-bond donors (Lipinski definition) is 2. The molecule has 0 fully saturated rings. The molecule has 0 saturated carbocycles. The van der Waals surface area contributed by atoms with Crippen LogP contribution in [0.1, 0.15) is 10.4 Å². The van der Waals surface area contributed by atoms with Crippen molar-refractivity contribution in [3.63, 3.8) is 0 Å². The van der Waals surface area contributed by atoms with Crippen molar-refractivity contribution in [1.29, 1.82) is 0 Å². The van der Waals surface area contributed by atoms with E-state index in [4.69, 9.17) is 21.7 Å². The summed E-state index contributed by atoms with van der Waals surface area (Å²) in [7, 11) is 2.97. The second-order valence-corrected chi connectivity index (χ2v) is 7.09. The second kappa shape index (κ2) is 9.29. The number of anilines is 1. The number of nitrogens with one attached hydrogen (secondary N) is 2. The van der Waals surface area contributed by atoms with Crippen molar-refractivity contribution in [2.24, 2.45) is 0 Å². The number of nitrogens with zero attached hydrogens (tertiary/aromatic N) is 2. The molecule has 0 spiro atoms. The topological polar surface area (TPSA) is 116 Å². The molecule has 11 heteroatoms. The number of methoxy groups -OCH3 is 2. The third-order valence-electron chi connectivity index (χ3n) is 3.96. The molecule has 154 valence electrons. The summed E-state index contributed by atoms with van der Waals surface area (Å²) in [6.07, 6.45) is 0. The van der Waals surface area contributed by atoms with E-state index in [2.05, 4.69) is 15.6 Å². The molecule has 2 N–H and O–H groups in total. The quantitative estimate of drug-likeness (QED) is 0.334. The van der Waals surface area contributed by atoms with Gasteiger partial charge in [0.15, 0.2) is 10.2 Å². The van der Waals surface area contributed by atoms with E-state index in [9.17, 15) is 14.9 Å². The fourth-order valence-corrected chi connectivity index (χ4v) is 3.51. The number of carbonyl (C=O) groups is 1. The average molecular weight is 444 g/mol. The summed E-state index contributed by atoms with van der Waals surface area (Å²) in [5.41, 5.74) is 1.42. The monoisotopic (exact) mass is 444 g/mol. The minimum Gasteiger partial charge on any atom is -0.497 e. The molecule has 3 aromatic rings. The molecule has 0 aliphatic heterocycles. The minimum absolute atomic E-state index is 0.0220. The van der Waals surface area contributed by atoms with Crippen LogP contribution in [0, 0.1) is 10.1 Å². The predicted octanol–water partition coefficient (Wildman–Crippen LogP) is 3.86. The van der Waals surface area contributed by atoms with E-state index in [-0.39, 0.29) is 10.8 Å². The van der Waals surface area contributed by atoms with Gasteiger partial charge < -0.3 is 14.8 Å². The van der Waals surface area contributed by atoms with E-state index in [0.717, 1.165) is 0 Å². The Morgan fingerprint density at radius 1 is 1.20 bits per heavy atom. The Morgan fingerprint density at radius 3 is 2.70 bits per heavy atom. The van der Waals surface area contributed by atoms with Crippen LogP contribution in [0.2, 0.25) is 0 Å². The first-order valence-electron chi connectivity index (χ1n) is 8.46. The van der Waals surface area contributed by atoms with E-state index < -0.39 is 10.8 Å². The van der Waals surface area contributed by atoms with Gasteiger partial charge in [0.1, 0.15) is 11.5 Å². The highest BCUT2D eigenvalue weighted by Crippen LogP contribution is 2.28. The van der Waals surface area contributed by atoms with E-state index in [0.29, 0.717) is 33.5 Å². The van der Waals surface area contributed by atoms with Crippen molar-refractivity contribution in [3.05, 3.63) is 63.5 Å². The number of ether oxygens (including phenoxy) is 2. The van der Waals surface area contributed by atoms with Crippen LogP contribution in [0.5, 0.6) is 11.5 Å². The fourth-order valence-electron chi connectivity index (χ4n) is 2.53. The van der Waals surface area contributed by atoms with Gasteiger partial charge in [0.25, 0.3) is 11.6 Å². The summed E-state index contributed by atoms with van der Waals surface area (Å²) in [6, 6.07) is 11.0. The molecule has 9 nitrogen and oxygen atoms in total. The maximum Gasteiger partial charge on any atom is 0.270 e. The first-order valence-corrected chi connectivity index (χ1v) is 9.74. The van der Waals surface area contributed by atoms with Gasteiger partial charge >= 0.3 is 0 Å². The zero-order valence-electron chi connectivity index (χ0n) is 15.9. The van der Waals surface area contributed by atoms with Crippen molar-refractivity contribution in [1.82, 2.24) is 10.3 Å². The Balaban J connectivity index is 1.68. The highest BCUT2D eigenvalue weighted by molar-refractivity contribution is 7.80. The van der Waals surface area contributed by atoms with Crippen LogP contribution in [-0.2, 0) is 0 Å². The van der Waals surface area contributed by atoms with Gasteiger partial charge in [-0.3, -0.25) is 20.2 Å². The molecule has 0 unspecified atom stereocenters. The number of amides is 1. The van der Waals surface area contributed by atoms with E-state index in [1.165, 1.54) is 37.7 Å². The minimum atomic E-state index is -0.465. The molecule has 30 heavy (non-hydrogen) atoms. The zero-order valence-corrected chi connectivity index (χ0v) is 17.5. The largest absolute Gasteiger partial charge is 0.497 e. The first kappa shape index (κ1) is 21.1. The van der Waals surface area contributed by atoms with E-state index in [1.54, 1.807) is 35.7 Å². The van der Waals surface area contributed by atoms with Gasteiger partial charge in [-0.15, -0.1) is 11.3 Å². The van der Waals surface area contributed by atoms with Crippen LogP contribution in [0.3, 0.4) is 0 Å². The van der Waals surface area contributed by atoms with Crippen molar-refractivity contribution in [2.45, 2.75) is 0 Å². The lowest BCUT2D eigenvalue weighted by molar-refractivity contribution is -0.384. The number of thiazole rings is 1. The standard InChI is InChI=1S/C19H16N4O5S2/c1-27-13-6-7-14(16(9-13)28-2)17(24)21-18(29)22-19-20-15(10-30-19)11-4-3-5-12(8-11)23(25)26/h3-10H,1-2H3,(H2,20,21,22,24,29). The van der Waals surface area contributed by atoms with Crippen LogP contribution < -0.4 is 20.1 Å². The molecule has 1 heterocycles. The smallest absolute Gasteiger partial charge is 0.270 e. The molecule has 1 amide bonds. The molecule has 0 bridgehead atoms. The Kier molecular flexibility index (Phi) is 6.54. The molecule has 1 aromatic heterocycles. The molecular formula is C19H16N4O5S2. The van der Waals surface area contributed by atoms with E-state index >= 15 is 0 Å². The Hall–Kier alpha value is -3.57. The Labute approximate surface area is 180 Å². The fraction of sp³-hybridized carbons (Fsp3) is 0.105. The number of thiocarbonyl (C=S) groups is 1. The lowest BCUT2D eigenvalue weighted by Gasteiger charge is -2.11. The number of non-ortho nitro benzene ring substituents is 1. The van der Waals surface area contributed by atoms with Crippen molar-refractivity contribution >= 4 is 45.4 Å². The highest BCUT2D eigenvalue weighted by Gasteiger charge is 2.16. The SMILES string of the molecule is COc1ccc(C(=O)NC(=S)Nc2nc(-c3cccc([N+](=O)[O-])c3)cs2)c(OC)c1. The van der Waals surface area contributed by atoms with Gasteiger partial charge in [-0.1, -0.05) is 12.1 Å². The summed E-state index contributed by atoms with van der Waals surface area (Å²) in [6.45, 7) is 0. The van der Waals surface area contributed by atoms with Gasteiger partial charge in [0, 0.05) is 29.1 Å². The molecule has 0 aliphatic carbocycles. The number of rotatable bonds is 6. The van der Waals surface area contributed by atoms with Crippen molar-refractivity contribution in [3.8, 4) is 22.8 Å². The Morgan fingerprint density at radius 2 is 2.00 bits per heavy atom. The van der Waals surface area contributed by atoms with Crippen molar-refractivity contribution < 1.29 is 19.2 Å². The van der Waals surface area contributed by atoms with Gasteiger partial charge in [0.05, 0.1) is 30.4 Å². The molecule has 0 aliphatic rings. The normalized spacial score (nSPS) is 10.2. The van der Waals surface area contributed by atoms with Crippen LogP contribution in [0.25, 0.3) is 11.3 Å². The Bertz CT molecular complexity index is 1120. The predicted molar refractivity (Wildman–Crippen MR) is 117 cm³/mol. The molecule has 0 atom stereocenters. The van der Waals surface area contributed by atoms with Crippen LogP contribution >= 0.6 is 23.6 Å². The van der Waals surface area contributed by atoms with Crippen LogP contribution in [0.15, 0.2) is 47.8 Å². The van der Waals surface area contributed by atoms with Crippen LogP contribution in [0.4, 0.5) is 10.8 Å². The van der Waals surface area contributed by atoms with Crippen LogP contribution in [-0.4, -0.2) is 35.1 Å².